The highest BCUT2D eigenvalue weighted by Crippen LogP contribution is 2.20. The zero-order chi connectivity index (χ0) is 11.4. The maximum atomic E-state index is 5.98. The summed E-state index contributed by atoms with van der Waals surface area (Å²) in [6.07, 6.45) is 1.91. The Kier molecular flexibility index (Phi) is 4.61. The van der Waals surface area contributed by atoms with Crippen molar-refractivity contribution in [3.05, 3.63) is 16.9 Å². The average Bonchev–Trinajstić information content (AvgIpc) is 2.54. The summed E-state index contributed by atoms with van der Waals surface area (Å²) in [5.74, 6) is 0.542. The van der Waals surface area contributed by atoms with Crippen LogP contribution in [0.25, 0.3) is 0 Å². The molecule has 0 saturated carbocycles. The minimum Gasteiger partial charge on any atom is -0.317 e. The van der Waals surface area contributed by atoms with Crippen molar-refractivity contribution in [1.82, 2.24) is 15.1 Å². The first-order valence-corrected chi connectivity index (χ1v) is 5.86. The van der Waals surface area contributed by atoms with Crippen LogP contribution in [0.3, 0.4) is 0 Å². The van der Waals surface area contributed by atoms with Crippen molar-refractivity contribution >= 4 is 11.6 Å². The van der Waals surface area contributed by atoms with Gasteiger partial charge in [0.15, 0.2) is 0 Å². The van der Waals surface area contributed by atoms with Crippen LogP contribution in [0, 0.1) is 12.8 Å². The number of hydrogen-bond donors (Lipinski definition) is 1. The van der Waals surface area contributed by atoms with Crippen LogP contribution in [0.15, 0.2) is 6.20 Å². The van der Waals surface area contributed by atoms with Gasteiger partial charge >= 0.3 is 0 Å². The van der Waals surface area contributed by atoms with Gasteiger partial charge in [0.1, 0.15) is 0 Å². The average molecular weight is 230 g/mol. The van der Waals surface area contributed by atoms with E-state index in [0.717, 1.165) is 23.8 Å². The molecule has 86 valence electrons. The van der Waals surface area contributed by atoms with Gasteiger partial charge in [-0.15, -0.1) is 0 Å². The van der Waals surface area contributed by atoms with Crippen molar-refractivity contribution in [2.75, 3.05) is 13.1 Å². The SMILES string of the molecule is CCNCC(C)C(C)n1cc(Cl)c(C)n1. The summed E-state index contributed by atoms with van der Waals surface area (Å²) in [4.78, 5) is 0. The molecule has 0 fully saturated rings. The highest BCUT2D eigenvalue weighted by Gasteiger charge is 2.15. The quantitative estimate of drug-likeness (QED) is 0.842. The van der Waals surface area contributed by atoms with E-state index in [0.29, 0.717) is 12.0 Å². The predicted molar refractivity (Wildman–Crippen MR) is 64.4 cm³/mol. The summed E-state index contributed by atoms with van der Waals surface area (Å²) >= 11 is 5.98. The van der Waals surface area contributed by atoms with Gasteiger partial charge in [0.25, 0.3) is 0 Å². The Morgan fingerprint density at radius 1 is 1.53 bits per heavy atom. The van der Waals surface area contributed by atoms with E-state index in [-0.39, 0.29) is 0 Å². The van der Waals surface area contributed by atoms with Gasteiger partial charge in [0.2, 0.25) is 0 Å². The molecule has 0 aromatic carbocycles. The number of halogens is 1. The number of aromatic nitrogens is 2. The fraction of sp³-hybridized carbons (Fsp3) is 0.727. The van der Waals surface area contributed by atoms with Crippen molar-refractivity contribution in [3.8, 4) is 0 Å². The standard InChI is InChI=1S/C11H20ClN3/c1-5-13-6-8(2)10(4)15-7-11(12)9(3)14-15/h7-8,10,13H,5-6H2,1-4H3. The number of nitrogens with one attached hydrogen (secondary N) is 1. The molecule has 0 spiro atoms. The molecule has 1 aromatic rings. The lowest BCUT2D eigenvalue weighted by Gasteiger charge is -2.20. The Morgan fingerprint density at radius 3 is 2.67 bits per heavy atom. The summed E-state index contributed by atoms with van der Waals surface area (Å²) < 4.78 is 1.96. The highest BCUT2D eigenvalue weighted by molar-refractivity contribution is 6.31. The smallest absolute Gasteiger partial charge is 0.0815 e. The monoisotopic (exact) mass is 229 g/mol. The van der Waals surface area contributed by atoms with E-state index in [1.165, 1.54) is 0 Å². The molecule has 0 amide bonds. The minimum atomic E-state index is 0.371. The van der Waals surface area contributed by atoms with E-state index < -0.39 is 0 Å². The molecule has 0 bridgehead atoms. The van der Waals surface area contributed by atoms with Gasteiger partial charge in [-0.3, -0.25) is 4.68 Å². The van der Waals surface area contributed by atoms with E-state index in [1.807, 2.05) is 17.8 Å². The minimum absolute atomic E-state index is 0.371. The Morgan fingerprint density at radius 2 is 2.20 bits per heavy atom. The van der Waals surface area contributed by atoms with Crippen LogP contribution in [0.2, 0.25) is 5.02 Å². The van der Waals surface area contributed by atoms with Crippen LogP contribution in [-0.2, 0) is 0 Å². The second-order valence-corrected chi connectivity index (χ2v) is 4.48. The van der Waals surface area contributed by atoms with Crippen LogP contribution in [0.4, 0.5) is 0 Å². The first kappa shape index (κ1) is 12.5. The predicted octanol–water partition coefficient (Wildman–Crippen LogP) is 2.65. The second-order valence-electron chi connectivity index (χ2n) is 4.07. The maximum Gasteiger partial charge on any atom is 0.0815 e. The number of rotatable bonds is 5. The lowest BCUT2D eigenvalue weighted by atomic mass is 10.0. The molecule has 3 nitrogen and oxygen atoms in total. The summed E-state index contributed by atoms with van der Waals surface area (Å²) in [7, 11) is 0. The number of nitrogens with zero attached hydrogens (tertiary/aromatic N) is 2. The molecule has 2 unspecified atom stereocenters. The Bertz CT molecular complexity index is 289. The molecule has 4 heteroatoms. The fourth-order valence-corrected chi connectivity index (χ4v) is 1.61. The van der Waals surface area contributed by atoms with Gasteiger partial charge in [-0.2, -0.15) is 5.10 Å². The maximum absolute atomic E-state index is 5.98. The second kappa shape index (κ2) is 5.52. The fourth-order valence-electron chi connectivity index (χ4n) is 1.47. The molecule has 1 aromatic heterocycles. The molecule has 1 heterocycles. The molecule has 2 atom stereocenters. The largest absolute Gasteiger partial charge is 0.317 e. The third kappa shape index (κ3) is 3.21. The van der Waals surface area contributed by atoms with Crippen molar-refractivity contribution < 1.29 is 0 Å². The summed E-state index contributed by atoms with van der Waals surface area (Å²) in [5, 5.41) is 8.49. The molecule has 0 saturated heterocycles. The first-order valence-electron chi connectivity index (χ1n) is 5.48. The van der Waals surface area contributed by atoms with E-state index in [1.54, 1.807) is 0 Å². The van der Waals surface area contributed by atoms with Crippen molar-refractivity contribution in [3.63, 3.8) is 0 Å². The van der Waals surface area contributed by atoms with Crippen molar-refractivity contribution in [1.29, 1.82) is 0 Å². The Balaban J connectivity index is 2.62. The van der Waals surface area contributed by atoms with E-state index >= 15 is 0 Å². The van der Waals surface area contributed by atoms with Gasteiger partial charge in [0, 0.05) is 6.20 Å². The van der Waals surface area contributed by atoms with Crippen LogP contribution >= 0.6 is 11.6 Å². The van der Waals surface area contributed by atoms with Crippen molar-refractivity contribution in [2.24, 2.45) is 5.92 Å². The Hall–Kier alpha value is -0.540. The van der Waals surface area contributed by atoms with Gasteiger partial charge in [-0.25, -0.2) is 0 Å². The molecule has 0 radical (unpaired) electrons. The van der Waals surface area contributed by atoms with E-state index in [9.17, 15) is 0 Å². The topological polar surface area (TPSA) is 29.9 Å². The molecule has 0 aliphatic heterocycles. The molecule has 1 rings (SSSR count). The normalized spacial score (nSPS) is 15.3. The lowest BCUT2D eigenvalue weighted by Crippen LogP contribution is -2.26. The summed E-state index contributed by atoms with van der Waals surface area (Å²) in [6.45, 7) is 10.5. The number of aryl methyl sites for hydroxylation is 1. The Labute approximate surface area is 96.8 Å². The molecular formula is C11H20ClN3. The van der Waals surface area contributed by atoms with Crippen LogP contribution in [-0.4, -0.2) is 22.9 Å². The zero-order valence-corrected chi connectivity index (χ0v) is 10.7. The van der Waals surface area contributed by atoms with Crippen LogP contribution < -0.4 is 5.32 Å². The molecular weight excluding hydrogens is 210 g/mol. The van der Waals surface area contributed by atoms with E-state index in [4.69, 9.17) is 11.6 Å². The molecule has 15 heavy (non-hydrogen) atoms. The van der Waals surface area contributed by atoms with Crippen LogP contribution in [0.1, 0.15) is 32.5 Å². The van der Waals surface area contributed by atoms with Gasteiger partial charge in [-0.05, 0) is 32.9 Å². The van der Waals surface area contributed by atoms with Gasteiger partial charge in [-0.1, -0.05) is 25.4 Å². The summed E-state index contributed by atoms with van der Waals surface area (Å²) in [6, 6.07) is 0.371. The van der Waals surface area contributed by atoms with Crippen LogP contribution in [0.5, 0.6) is 0 Å². The van der Waals surface area contributed by atoms with Gasteiger partial charge < -0.3 is 5.32 Å². The van der Waals surface area contributed by atoms with Crippen molar-refractivity contribution in [2.45, 2.75) is 33.7 Å². The number of hydrogen-bond acceptors (Lipinski definition) is 2. The molecule has 0 aliphatic rings. The van der Waals surface area contributed by atoms with E-state index in [2.05, 4.69) is 31.2 Å². The third-order valence-electron chi connectivity index (χ3n) is 2.81. The van der Waals surface area contributed by atoms with Gasteiger partial charge in [0.05, 0.1) is 16.8 Å². The first-order chi connectivity index (χ1) is 7.06. The summed E-state index contributed by atoms with van der Waals surface area (Å²) in [5.41, 5.74) is 0.902. The molecule has 0 aliphatic carbocycles. The lowest BCUT2D eigenvalue weighted by molar-refractivity contribution is 0.338. The zero-order valence-electron chi connectivity index (χ0n) is 9.92. The molecule has 1 N–H and O–H groups in total. The third-order valence-corrected chi connectivity index (χ3v) is 3.18. The highest BCUT2D eigenvalue weighted by atomic mass is 35.5.